The molecule has 4 rings (SSSR count). The quantitative estimate of drug-likeness (QED) is 0.584. The molecule has 1 aromatic carbocycles. The second kappa shape index (κ2) is 6.00. The van der Waals surface area contributed by atoms with E-state index in [4.69, 9.17) is 0 Å². The second-order valence-corrected chi connectivity index (χ2v) is 6.67. The zero-order valence-corrected chi connectivity index (χ0v) is 14.0. The number of hydrogen-bond donors (Lipinski definition) is 1. The molecule has 23 heavy (non-hydrogen) atoms. The van der Waals surface area contributed by atoms with Gasteiger partial charge in [-0.3, -0.25) is 4.79 Å². The van der Waals surface area contributed by atoms with Gasteiger partial charge in [0.1, 0.15) is 0 Å². The minimum atomic E-state index is 0. The predicted molar refractivity (Wildman–Crippen MR) is 91.1 cm³/mol. The van der Waals surface area contributed by atoms with Crippen molar-refractivity contribution in [3.63, 3.8) is 0 Å². The van der Waals surface area contributed by atoms with E-state index in [0.29, 0.717) is 30.0 Å². The highest BCUT2D eigenvalue weighted by molar-refractivity contribution is 6.23. The van der Waals surface area contributed by atoms with E-state index in [0.717, 1.165) is 25.1 Å². The van der Waals surface area contributed by atoms with Crippen LogP contribution in [0.2, 0.25) is 0 Å². The molecule has 0 amide bonds. The molecule has 1 unspecified atom stereocenters. The van der Waals surface area contributed by atoms with Crippen LogP contribution in [0.15, 0.2) is 40.7 Å². The number of hydrogen-bond acceptors (Lipinski definition) is 4. The number of benzene rings is 1. The molecule has 3 aliphatic rings. The Hall–Kier alpha value is -1.81. The van der Waals surface area contributed by atoms with Crippen molar-refractivity contribution in [1.29, 1.82) is 0 Å². The fourth-order valence-electron chi connectivity index (χ4n) is 4.24. The molecule has 1 aromatic rings. The van der Waals surface area contributed by atoms with Crippen LogP contribution < -0.4 is 0 Å². The maximum Gasteiger partial charge on any atom is 0.166 e. The minimum absolute atomic E-state index is 0. The Kier molecular flexibility index (Phi) is 4.19. The third kappa shape index (κ3) is 2.45. The van der Waals surface area contributed by atoms with Crippen molar-refractivity contribution in [2.45, 2.75) is 38.6 Å². The van der Waals surface area contributed by atoms with E-state index >= 15 is 0 Å². The molecule has 122 valence electrons. The van der Waals surface area contributed by atoms with Gasteiger partial charge in [-0.2, -0.15) is 0 Å². The molecule has 4 nitrogen and oxygen atoms in total. The minimum Gasteiger partial charge on any atom is -0.411 e. The molecule has 0 bridgehead atoms. The number of allylic oxidation sites excluding steroid dienone is 2. The first-order chi connectivity index (χ1) is 10.7. The van der Waals surface area contributed by atoms with Crippen LogP contribution in [0.4, 0.5) is 0 Å². The van der Waals surface area contributed by atoms with Gasteiger partial charge in [0.2, 0.25) is 0 Å². The number of nitrogens with zero attached hydrogens (tertiary/aromatic N) is 2. The Morgan fingerprint density at radius 2 is 2.00 bits per heavy atom. The van der Waals surface area contributed by atoms with Crippen LogP contribution in [0, 0.1) is 5.92 Å². The summed E-state index contributed by atoms with van der Waals surface area (Å²) in [6, 6.07) is 8.70. The van der Waals surface area contributed by atoms with Gasteiger partial charge in [0.15, 0.2) is 5.78 Å². The smallest absolute Gasteiger partial charge is 0.166 e. The van der Waals surface area contributed by atoms with Gasteiger partial charge in [-0.05, 0) is 29.9 Å². The lowest BCUT2D eigenvalue weighted by Crippen LogP contribution is -2.44. The summed E-state index contributed by atoms with van der Waals surface area (Å²) in [6.45, 7) is 3.07. The first-order valence-corrected chi connectivity index (χ1v) is 8.01. The Morgan fingerprint density at radius 1 is 1.22 bits per heavy atom. The van der Waals surface area contributed by atoms with Gasteiger partial charge < -0.3 is 10.1 Å². The Balaban J connectivity index is 0.00000156. The van der Waals surface area contributed by atoms with Crippen LogP contribution in [0.5, 0.6) is 0 Å². The monoisotopic (exact) mass is 332 g/mol. The number of rotatable bonds is 0. The molecule has 5 heteroatoms. The van der Waals surface area contributed by atoms with Crippen LogP contribution >= 0.6 is 12.4 Å². The number of Topliss-reactive ketones (excluding diaryl/α,β-unsaturated/α-hetero) is 1. The summed E-state index contributed by atoms with van der Waals surface area (Å²) in [7, 11) is 0. The lowest BCUT2D eigenvalue weighted by molar-refractivity contribution is -0.116. The van der Waals surface area contributed by atoms with Gasteiger partial charge >= 0.3 is 0 Å². The average Bonchev–Trinajstić information content (AvgIpc) is 2.53. The maximum absolute atomic E-state index is 12.5. The highest BCUT2D eigenvalue weighted by Gasteiger charge is 2.41. The summed E-state index contributed by atoms with van der Waals surface area (Å²) < 4.78 is 0. The Morgan fingerprint density at radius 3 is 2.78 bits per heavy atom. The van der Waals surface area contributed by atoms with Crippen molar-refractivity contribution in [3.05, 3.63) is 46.7 Å². The molecular formula is C18H21ClN2O2. The number of carbonyl (C=O) groups is 1. The third-order valence-corrected chi connectivity index (χ3v) is 5.20. The summed E-state index contributed by atoms with van der Waals surface area (Å²) in [4.78, 5) is 14.8. The van der Waals surface area contributed by atoms with Gasteiger partial charge in [-0.15, -0.1) is 12.4 Å². The second-order valence-electron chi connectivity index (χ2n) is 6.67. The van der Waals surface area contributed by atoms with Gasteiger partial charge in [0, 0.05) is 25.1 Å². The van der Waals surface area contributed by atoms with Crippen LogP contribution in [0.25, 0.3) is 0 Å². The van der Waals surface area contributed by atoms with Crippen molar-refractivity contribution >= 4 is 23.9 Å². The largest absolute Gasteiger partial charge is 0.411 e. The summed E-state index contributed by atoms with van der Waals surface area (Å²) >= 11 is 0. The zero-order chi connectivity index (χ0) is 15.3. The topological polar surface area (TPSA) is 52.9 Å². The molecule has 0 fully saturated rings. The van der Waals surface area contributed by atoms with Crippen LogP contribution in [-0.4, -0.2) is 28.1 Å². The van der Waals surface area contributed by atoms with Crippen LogP contribution in [-0.2, 0) is 11.2 Å². The standard InChI is InChI=1S/C18H20N2O2.ClH/c1-11-8-16-18(17(21)9-11)14(19-22)10-15-13-5-3-2-4-12(13)6-7-20(15)16;/h2-5,11,15,22H,6-10H2,1H3;1H/t11-,15?;/m0./s1. The lowest BCUT2D eigenvalue weighted by Gasteiger charge is -2.46. The van der Waals surface area contributed by atoms with Crippen molar-refractivity contribution < 1.29 is 10.0 Å². The number of fused-ring (bicyclic) bond motifs is 4. The van der Waals surface area contributed by atoms with Gasteiger partial charge in [0.05, 0.1) is 17.3 Å². The summed E-state index contributed by atoms with van der Waals surface area (Å²) in [5, 5.41) is 12.9. The molecule has 0 aromatic heterocycles. The van der Waals surface area contributed by atoms with Gasteiger partial charge in [-0.1, -0.05) is 36.3 Å². The van der Waals surface area contributed by atoms with Gasteiger partial charge in [0.25, 0.3) is 0 Å². The normalized spacial score (nSPS) is 28.0. The maximum atomic E-state index is 12.5. The highest BCUT2D eigenvalue weighted by atomic mass is 35.5. The average molecular weight is 333 g/mol. The number of ketones is 1. The number of oxime groups is 1. The molecule has 0 spiro atoms. The Bertz CT molecular complexity index is 711. The van der Waals surface area contributed by atoms with Crippen molar-refractivity contribution in [2.24, 2.45) is 11.1 Å². The third-order valence-electron chi connectivity index (χ3n) is 5.20. The SMILES string of the molecule is C[C@@H]1CC(=O)C2=C(C1)N1CCc3ccccc3C1CC2=NO.Cl. The molecule has 2 heterocycles. The summed E-state index contributed by atoms with van der Waals surface area (Å²) in [5.41, 5.74) is 5.05. The number of halogens is 1. The molecule has 0 radical (unpaired) electrons. The predicted octanol–water partition coefficient (Wildman–Crippen LogP) is 3.49. The molecular weight excluding hydrogens is 312 g/mol. The Labute approximate surface area is 142 Å². The fourth-order valence-corrected chi connectivity index (χ4v) is 4.24. The lowest BCUT2D eigenvalue weighted by atomic mass is 9.77. The molecule has 0 saturated heterocycles. The van der Waals surface area contributed by atoms with Crippen molar-refractivity contribution in [1.82, 2.24) is 4.90 Å². The molecule has 1 aliphatic carbocycles. The molecule has 2 aliphatic heterocycles. The van der Waals surface area contributed by atoms with E-state index in [-0.39, 0.29) is 24.2 Å². The number of carbonyl (C=O) groups excluding carboxylic acids is 1. The zero-order valence-electron chi connectivity index (χ0n) is 13.2. The van der Waals surface area contributed by atoms with E-state index in [9.17, 15) is 10.0 Å². The van der Waals surface area contributed by atoms with Crippen LogP contribution in [0.3, 0.4) is 0 Å². The van der Waals surface area contributed by atoms with E-state index in [1.165, 1.54) is 11.1 Å². The van der Waals surface area contributed by atoms with E-state index < -0.39 is 0 Å². The van der Waals surface area contributed by atoms with E-state index in [2.05, 4.69) is 41.2 Å². The van der Waals surface area contributed by atoms with Crippen molar-refractivity contribution in [2.75, 3.05) is 6.54 Å². The summed E-state index contributed by atoms with van der Waals surface area (Å²) in [5.74, 6) is 0.501. The first kappa shape index (κ1) is 16.1. The van der Waals surface area contributed by atoms with Gasteiger partial charge in [-0.25, -0.2) is 0 Å². The van der Waals surface area contributed by atoms with Crippen molar-refractivity contribution in [3.8, 4) is 0 Å². The molecule has 2 atom stereocenters. The van der Waals surface area contributed by atoms with E-state index in [1.54, 1.807) is 0 Å². The fraction of sp³-hybridized carbons (Fsp3) is 0.444. The van der Waals surface area contributed by atoms with E-state index in [1.807, 2.05) is 0 Å². The molecule has 0 saturated carbocycles. The highest BCUT2D eigenvalue weighted by Crippen LogP contribution is 2.44. The molecule has 1 N–H and O–H groups in total. The first-order valence-electron chi connectivity index (χ1n) is 8.01. The van der Waals surface area contributed by atoms with Crippen LogP contribution in [0.1, 0.15) is 43.4 Å². The summed E-state index contributed by atoms with van der Waals surface area (Å²) in [6.07, 6.45) is 3.09.